The molecule has 23 heavy (non-hydrogen) atoms. The van der Waals surface area contributed by atoms with Gasteiger partial charge in [0.15, 0.2) is 5.13 Å². The average Bonchev–Trinajstić information content (AvgIpc) is 3.26. The zero-order valence-electron chi connectivity index (χ0n) is 13.0. The number of hydrogen-bond donors (Lipinski definition) is 0. The summed E-state index contributed by atoms with van der Waals surface area (Å²) in [6.07, 6.45) is 3.92. The molecule has 0 spiro atoms. The minimum Gasteiger partial charge on any atom is -0.376 e. The Balaban J connectivity index is 1.54. The Morgan fingerprint density at radius 1 is 1.48 bits per heavy atom. The van der Waals surface area contributed by atoms with Gasteiger partial charge in [0, 0.05) is 25.2 Å². The van der Waals surface area contributed by atoms with Crippen LogP contribution in [-0.4, -0.2) is 48.8 Å². The fourth-order valence-corrected chi connectivity index (χ4v) is 3.11. The van der Waals surface area contributed by atoms with Crippen molar-refractivity contribution in [2.24, 2.45) is 0 Å². The van der Waals surface area contributed by atoms with Crippen LogP contribution in [0.15, 0.2) is 29.8 Å². The summed E-state index contributed by atoms with van der Waals surface area (Å²) >= 11 is 1.41. The SMILES string of the molecule is CN(C(=O)COCC1CCCO1)c1nc(-c2ccccn2)cs1. The molecule has 0 radical (unpaired) electrons. The second-order valence-electron chi connectivity index (χ2n) is 5.33. The predicted octanol–water partition coefficient (Wildman–Crippen LogP) is 2.36. The Kier molecular flexibility index (Phi) is 5.32. The standard InChI is InChI=1S/C16H19N3O3S/c1-19(15(20)10-21-9-12-5-4-8-22-12)16-18-14(11-23-16)13-6-2-3-7-17-13/h2-3,6-7,11-12H,4-5,8-10H2,1H3. The molecule has 1 unspecified atom stereocenters. The number of thiazole rings is 1. The number of nitrogens with zero attached hydrogens (tertiary/aromatic N) is 3. The van der Waals surface area contributed by atoms with E-state index < -0.39 is 0 Å². The van der Waals surface area contributed by atoms with Crippen LogP contribution >= 0.6 is 11.3 Å². The zero-order chi connectivity index (χ0) is 16.1. The molecular weight excluding hydrogens is 314 g/mol. The molecule has 1 saturated heterocycles. The molecule has 1 aliphatic rings. The van der Waals surface area contributed by atoms with E-state index in [0.29, 0.717) is 11.7 Å². The Bertz CT molecular complexity index is 641. The number of hydrogen-bond acceptors (Lipinski definition) is 6. The number of aromatic nitrogens is 2. The van der Waals surface area contributed by atoms with E-state index in [1.807, 2.05) is 23.6 Å². The highest BCUT2D eigenvalue weighted by Crippen LogP contribution is 2.25. The van der Waals surface area contributed by atoms with Crippen molar-refractivity contribution in [3.63, 3.8) is 0 Å². The average molecular weight is 333 g/mol. The van der Waals surface area contributed by atoms with Crippen LogP contribution in [-0.2, 0) is 14.3 Å². The Hall–Kier alpha value is -1.83. The lowest BCUT2D eigenvalue weighted by molar-refractivity contribution is -0.123. The number of anilines is 1. The van der Waals surface area contributed by atoms with Gasteiger partial charge in [-0.05, 0) is 25.0 Å². The van der Waals surface area contributed by atoms with Crippen LogP contribution in [0.4, 0.5) is 5.13 Å². The highest BCUT2D eigenvalue weighted by Gasteiger charge is 2.19. The number of rotatable bonds is 6. The number of ether oxygens (including phenoxy) is 2. The molecule has 3 rings (SSSR count). The van der Waals surface area contributed by atoms with Gasteiger partial charge < -0.3 is 9.47 Å². The highest BCUT2D eigenvalue weighted by atomic mass is 32.1. The number of amides is 1. The first kappa shape index (κ1) is 16.0. The molecular formula is C16H19N3O3S. The first-order valence-corrected chi connectivity index (χ1v) is 8.45. The van der Waals surface area contributed by atoms with Crippen molar-refractivity contribution in [3.05, 3.63) is 29.8 Å². The van der Waals surface area contributed by atoms with E-state index in [0.717, 1.165) is 30.8 Å². The first-order valence-electron chi connectivity index (χ1n) is 7.57. The quantitative estimate of drug-likeness (QED) is 0.812. The molecule has 0 N–H and O–H groups in total. The lowest BCUT2D eigenvalue weighted by Crippen LogP contribution is -2.31. The summed E-state index contributed by atoms with van der Waals surface area (Å²) in [6, 6.07) is 5.67. The Morgan fingerprint density at radius 3 is 3.13 bits per heavy atom. The lowest BCUT2D eigenvalue weighted by atomic mass is 10.2. The number of carbonyl (C=O) groups is 1. The molecule has 3 heterocycles. The second-order valence-corrected chi connectivity index (χ2v) is 6.17. The fraction of sp³-hybridized carbons (Fsp3) is 0.438. The molecule has 2 aromatic heterocycles. The molecule has 0 aromatic carbocycles. The van der Waals surface area contributed by atoms with Gasteiger partial charge in [-0.15, -0.1) is 11.3 Å². The van der Waals surface area contributed by atoms with Crippen LogP contribution < -0.4 is 4.90 Å². The third-order valence-corrected chi connectivity index (χ3v) is 4.55. The van der Waals surface area contributed by atoms with Crippen molar-refractivity contribution in [1.82, 2.24) is 9.97 Å². The van der Waals surface area contributed by atoms with Gasteiger partial charge in [-0.1, -0.05) is 6.07 Å². The Morgan fingerprint density at radius 2 is 2.39 bits per heavy atom. The number of likely N-dealkylation sites (N-methyl/N-ethyl adjacent to an activating group) is 1. The van der Waals surface area contributed by atoms with E-state index in [1.54, 1.807) is 13.2 Å². The minimum atomic E-state index is -0.120. The van der Waals surface area contributed by atoms with Gasteiger partial charge in [0.05, 0.1) is 18.4 Å². The van der Waals surface area contributed by atoms with Crippen molar-refractivity contribution < 1.29 is 14.3 Å². The van der Waals surface area contributed by atoms with E-state index >= 15 is 0 Å². The molecule has 6 nitrogen and oxygen atoms in total. The topological polar surface area (TPSA) is 64.6 Å². The minimum absolute atomic E-state index is 0.0366. The summed E-state index contributed by atoms with van der Waals surface area (Å²) in [5.74, 6) is -0.120. The van der Waals surface area contributed by atoms with Crippen molar-refractivity contribution in [3.8, 4) is 11.4 Å². The highest BCUT2D eigenvalue weighted by molar-refractivity contribution is 7.14. The normalized spacial score (nSPS) is 17.3. The second kappa shape index (κ2) is 7.63. The summed E-state index contributed by atoms with van der Waals surface area (Å²) in [4.78, 5) is 22.4. The van der Waals surface area contributed by atoms with E-state index in [-0.39, 0.29) is 18.6 Å². The van der Waals surface area contributed by atoms with E-state index in [4.69, 9.17) is 9.47 Å². The maximum absolute atomic E-state index is 12.2. The smallest absolute Gasteiger partial charge is 0.254 e. The van der Waals surface area contributed by atoms with Crippen molar-refractivity contribution >= 4 is 22.4 Å². The summed E-state index contributed by atoms with van der Waals surface area (Å²) in [5, 5.41) is 2.53. The van der Waals surface area contributed by atoms with E-state index in [2.05, 4.69) is 9.97 Å². The van der Waals surface area contributed by atoms with Gasteiger partial charge in [0.2, 0.25) is 0 Å². The molecule has 0 aliphatic carbocycles. The maximum Gasteiger partial charge on any atom is 0.254 e. The lowest BCUT2D eigenvalue weighted by Gasteiger charge is -2.15. The monoisotopic (exact) mass is 333 g/mol. The number of pyridine rings is 1. The summed E-state index contributed by atoms with van der Waals surface area (Å²) < 4.78 is 10.9. The molecule has 1 atom stereocenters. The van der Waals surface area contributed by atoms with Crippen LogP contribution in [0.1, 0.15) is 12.8 Å². The maximum atomic E-state index is 12.2. The summed E-state index contributed by atoms with van der Waals surface area (Å²) in [5.41, 5.74) is 1.57. The summed E-state index contributed by atoms with van der Waals surface area (Å²) in [7, 11) is 1.71. The molecule has 1 fully saturated rings. The molecule has 0 bridgehead atoms. The van der Waals surface area contributed by atoms with E-state index in [1.165, 1.54) is 16.2 Å². The third kappa shape index (κ3) is 4.13. The third-order valence-electron chi connectivity index (χ3n) is 3.63. The van der Waals surface area contributed by atoms with Gasteiger partial charge in [0.1, 0.15) is 12.3 Å². The van der Waals surface area contributed by atoms with Gasteiger partial charge in [0.25, 0.3) is 5.91 Å². The van der Waals surface area contributed by atoms with E-state index in [9.17, 15) is 4.79 Å². The van der Waals surface area contributed by atoms with Gasteiger partial charge in [-0.3, -0.25) is 14.7 Å². The van der Waals surface area contributed by atoms with Gasteiger partial charge in [-0.2, -0.15) is 0 Å². The predicted molar refractivity (Wildman–Crippen MR) is 88.5 cm³/mol. The van der Waals surface area contributed by atoms with Crippen molar-refractivity contribution in [1.29, 1.82) is 0 Å². The van der Waals surface area contributed by atoms with Crippen LogP contribution in [0.25, 0.3) is 11.4 Å². The van der Waals surface area contributed by atoms with Crippen LogP contribution in [0.5, 0.6) is 0 Å². The van der Waals surface area contributed by atoms with Gasteiger partial charge >= 0.3 is 0 Å². The fourth-order valence-electron chi connectivity index (χ4n) is 2.31. The zero-order valence-corrected chi connectivity index (χ0v) is 13.8. The molecule has 122 valence electrons. The molecule has 7 heteroatoms. The van der Waals surface area contributed by atoms with Crippen molar-refractivity contribution in [2.75, 3.05) is 31.8 Å². The van der Waals surface area contributed by atoms with Crippen LogP contribution in [0.2, 0.25) is 0 Å². The summed E-state index contributed by atoms with van der Waals surface area (Å²) in [6.45, 7) is 1.29. The van der Waals surface area contributed by atoms with Crippen LogP contribution in [0, 0.1) is 0 Å². The molecule has 2 aromatic rings. The van der Waals surface area contributed by atoms with Crippen molar-refractivity contribution in [2.45, 2.75) is 18.9 Å². The molecule has 0 saturated carbocycles. The van der Waals surface area contributed by atoms with Gasteiger partial charge in [-0.25, -0.2) is 4.98 Å². The number of carbonyl (C=O) groups excluding carboxylic acids is 1. The molecule has 1 amide bonds. The molecule has 1 aliphatic heterocycles. The first-order chi connectivity index (χ1) is 11.2. The Labute approximate surface area is 139 Å². The van der Waals surface area contributed by atoms with Crippen LogP contribution in [0.3, 0.4) is 0 Å². The largest absolute Gasteiger partial charge is 0.376 e.